The fourth-order valence-corrected chi connectivity index (χ4v) is 1.44. The van der Waals surface area contributed by atoms with E-state index in [1.165, 1.54) is 0 Å². The van der Waals surface area contributed by atoms with Crippen LogP contribution in [0, 0.1) is 5.82 Å². The SMILES string of the molecule is Nc1nc(=O)n(C2CCCO2)cc1F. The van der Waals surface area contributed by atoms with Crippen LogP contribution in [0.3, 0.4) is 0 Å². The maximum absolute atomic E-state index is 13.0. The number of hydrogen-bond donors (Lipinski definition) is 1. The summed E-state index contributed by atoms with van der Waals surface area (Å²) < 4.78 is 19.4. The molecule has 1 atom stereocenters. The summed E-state index contributed by atoms with van der Waals surface area (Å²) in [6, 6.07) is 0. The van der Waals surface area contributed by atoms with E-state index >= 15 is 0 Å². The van der Waals surface area contributed by atoms with E-state index in [9.17, 15) is 9.18 Å². The standard InChI is InChI=1S/C8H10FN3O2/c9-5-4-12(6-2-1-3-14-6)8(13)11-7(5)10/h4,6H,1-3H2,(H2,10,11,13). The van der Waals surface area contributed by atoms with Gasteiger partial charge in [0, 0.05) is 6.61 Å². The second-order valence-corrected chi connectivity index (χ2v) is 3.13. The van der Waals surface area contributed by atoms with Gasteiger partial charge in [0.25, 0.3) is 0 Å². The number of nitrogens with zero attached hydrogens (tertiary/aromatic N) is 2. The number of ether oxygens (including phenoxy) is 1. The quantitative estimate of drug-likeness (QED) is 0.705. The van der Waals surface area contributed by atoms with E-state index in [-0.39, 0.29) is 5.82 Å². The first-order valence-corrected chi connectivity index (χ1v) is 4.34. The highest BCUT2D eigenvalue weighted by Crippen LogP contribution is 2.21. The van der Waals surface area contributed by atoms with Crippen molar-refractivity contribution in [3.8, 4) is 0 Å². The van der Waals surface area contributed by atoms with Crippen molar-refractivity contribution in [1.29, 1.82) is 0 Å². The molecule has 6 heteroatoms. The minimum atomic E-state index is -0.694. The molecule has 1 aliphatic rings. The van der Waals surface area contributed by atoms with Gasteiger partial charge in [-0.3, -0.25) is 4.57 Å². The third-order valence-corrected chi connectivity index (χ3v) is 2.15. The summed E-state index contributed by atoms with van der Waals surface area (Å²) in [4.78, 5) is 14.7. The van der Waals surface area contributed by atoms with Gasteiger partial charge in [-0.2, -0.15) is 4.98 Å². The van der Waals surface area contributed by atoms with Gasteiger partial charge in [0.2, 0.25) is 0 Å². The zero-order chi connectivity index (χ0) is 10.1. The molecule has 0 aromatic carbocycles. The maximum atomic E-state index is 13.0. The summed E-state index contributed by atoms with van der Waals surface area (Å²) in [7, 11) is 0. The van der Waals surface area contributed by atoms with Crippen LogP contribution in [0.5, 0.6) is 0 Å². The van der Waals surface area contributed by atoms with Crippen LogP contribution in [0.2, 0.25) is 0 Å². The molecule has 2 N–H and O–H groups in total. The Morgan fingerprint density at radius 1 is 1.71 bits per heavy atom. The van der Waals surface area contributed by atoms with E-state index in [0.29, 0.717) is 13.0 Å². The zero-order valence-electron chi connectivity index (χ0n) is 7.44. The topological polar surface area (TPSA) is 70.1 Å². The Kier molecular flexibility index (Phi) is 2.20. The normalized spacial score (nSPS) is 21.4. The van der Waals surface area contributed by atoms with E-state index in [2.05, 4.69) is 4.98 Å². The number of nitrogen functional groups attached to an aromatic ring is 1. The molecule has 0 spiro atoms. The summed E-state index contributed by atoms with van der Waals surface area (Å²) in [6.07, 6.45) is 2.21. The molecule has 0 amide bonds. The van der Waals surface area contributed by atoms with Gasteiger partial charge < -0.3 is 10.5 Å². The van der Waals surface area contributed by atoms with Crippen LogP contribution in [-0.2, 0) is 4.74 Å². The number of rotatable bonds is 1. The molecule has 2 rings (SSSR count). The predicted molar refractivity (Wildman–Crippen MR) is 47.1 cm³/mol. The number of hydrogen-bond acceptors (Lipinski definition) is 4. The second-order valence-electron chi connectivity index (χ2n) is 3.13. The highest BCUT2D eigenvalue weighted by atomic mass is 19.1. The van der Waals surface area contributed by atoms with E-state index in [0.717, 1.165) is 17.2 Å². The summed E-state index contributed by atoms with van der Waals surface area (Å²) in [5, 5.41) is 0. The highest BCUT2D eigenvalue weighted by Gasteiger charge is 2.19. The number of anilines is 1. The monoisotopic (exact) mass is 199 g/mol. The average Bonchev–Trinajstić information content (AvgIpc) is 2.64. The van der Waals surface area contributed by atoms with Gasteiger partial charge >= 0.3 is 5.69 Å². The Hall–Kier alpha value is -1.43. The predicted octanol–water partition coefficient (Wildman–Crippen LogP) is 0.274. The van der Waals surface area contributed by atoms with Crippen LogP contribution >= 0.6 is 0 Å². The molecule has 14 heavy (non-hydrogen) atoms. The molecule has 1 saturated heterocycles. The molecular weight excluding hydrogens is 189 g/mol. The fourth-order valence-electron chi connectivity index (χ4n) is 1.44. The molecule has 1 aromatic rings. The molecule has 1 unspecified atom stereocenters. The van der Waals surface area contributed by atoms with Crippen molar-refractivity contribution in [2.75, 3.05) is 12.3 Å². The van der Waals surface area contributed by atoms with Gasteiger partial charge in [-0.05, 0) is 12.8 Å². The van der Waals surface area contributed by atoms with Crippen molar-refractivity contribution in [1.82, 2.24) is 9.55 Å². The maximum Gasteiger partial charge on any atom is 0.351 e. The average molecular weight is 199 g/mol. The van der Waals surface area contributed by atoms with Crippen LogP contribution < -0.4 is 11.4 Å². The van der Waals surface area contributed by atoms with Crippen LogP contribution in [0.4, 0.5) is 10.2 Å². The summed E-state index contributed by atoms with van der Waals surface area (Å²) in [5.41, 5.74) is 4.57. The Balaban J connectivity index is 2.42. The third-order valence-electron chi connectivity index (χ3n) is 2.15. The van der Waals surface area contributed by atoms with Gasteiger partial charge in [0.1, 0.15) is 6.23 Å². The molecule has 5 nitrogen and oxygen atoms in total. The van der Waals surface area contributed by atoms with Gasteiger partial charge in [-0.1, -0.05) is 0 Å². The van der Waals surface area contributed by atoms with Crippen molar-refractivity contribution in [3.63, 3.8) is 0 Å². The summed E-state index contributed by atoms with van der Waals surface area (Å²) in [5.74, 6) is -1.07. The molecule has 0 radical (unpaired) electrons. The number of nitrogens with two attached hydrogens (primary N) is 1. The van der Waals surface area contributed by atoms with Crippen LogP contribution in [0.1, 0.15) is 19.1 Å². The minimum absolute atomic E-state index is 0.371. The van der Waals surface area contributed by atoms with Gasteiger partial charge in [-0.15, -0.1) is 0 Å². The smallest absolute Gasteiger partial charge is 0.351 e. The molecule has 1 aromatic heterocycles. The Morgan fingerprint density at radius 3 is 3.14 bits per heavy atom. The molecule has 0 bridgehead atoms. The molecular formula is C8H10FN3O2. The first kappa shape index (κ1) is 9.14. The molecule has 0 aliphatic carbocycles. The summed E-state index contributed by atoms with van der Waals surface area (Å²) >= 11 is 0. The van der Waals surface area contributed by atoms with Crippen LogP contribution in [-0.4, -0.2) is 16.2 Å². The van der Waals surface area contributed by atoms with Crippen LogP contribution in [0.25, 0.3) is 0 Å². The Labute approximate surface area is 79.3 Å². The number of halogens is 1. The Bertz CT molecular complexity index is 398. The van der Waals surface area contributed by atoms with E-state index in [1.54, 1.807) is 0 Å². The van der Waals surface area contributed by atoms with E-state index < -0.39 is 17.7 Å². The molecule has 0 saturated carbocycles. The largest absolute Gasteiger partial charge is 0.381 e. The molecule has 2 heterocycles. The zero-order valence-corrected chi connectivity index (χ0v) is 7.44. The lowest BCUT2D eigenvalue weighted by molar-refractivity contribution is 0.0520. The summed E-state index contributed by atoms with van der Waals surface area (Å²) in [6.45, 7) is 0.586. The van der Waals surface area contributed by atoms with Gasteiger partial charge in [0.05, 0.1) is 6.20 Å². The van der Waals surface area contributed by atoms with E-state index in [4.69, 9.17) is 10.5 Å². The third kappa shape index (κ3) is 1.48. The highest BCUT2D eigenvalue weighted by molar-refractivity contribution is 5.26. The van der Waals surface area contributed by atoms with Crippen molar-refractivity contribution < 1.29 is 9.13 Å². The van der Waals surface area contributed by atoms with E-state index in [1.807, 2.05) is 0 Å². The van der Waals surface area contributed by atoms with Crippen LogP contribution in [0.15, 0.2) is 11.0 Å². The van der Waals surface area contributed by atoms with Crippen molar-refractivity contribution in [3.05, 3.63) is 22.5 Å². The van der Waals surface area contributed by atoms with Gasteiger partial charge in [-0.25, -0.2) is 9.18 Å². The van der Waals surface area contributed by atoms with Crippen molar-refractivity contribution in [2.45, 2.75) is 19.1 Å². The Morgan fingerprint density at radius 2 is 2.50 bits per heavy atom. The second kappa shape index (κ2) is 3.38. The molecule has 1 aliphatic heterocycles. The minimum Gasteiger partial charge on any atom is -0.381 e. The molecule has 1 fully saturated rings. The first-order chi connectivity index (χ1) is 6.68. The molecule has 76 valence electrons. The lowest BCUT2D eigenvalue weighted by atomic mass is 10.3. The van der Waals surface area contributed by atoms with Crippen molar-refractivity contribution >= 4 is 5.82 Å². The fraction of sp³-hybridized carbons (Fsp3) is 0.500. The van der Waals surface area contributed by atoms with Crippen molar-refractivity contribution in [2.24, 2.45) is 0 Å². The van der Waals surface area contributed by atoms with Gasteiger partial charge in [0.15, 0.2) is 11.6 Å². The lowest BCUT2D eigenvalue weighted by Crippen LogP contribution is -2.28. The lowest BCUT2D eigenvalue weighted by Gasteiger charge is -2.12. The number of aromatic nitrogens is 2. The first-order valence-electron chi connectivity index (χ1n) is 4.34.